The number of aromatic nitrogens is 2. The fraction of sp³-hybridized carbons (Fsp3) is 0.231. The normalized spacial score (nSPS) is 12.4. The molecule has 0 spiro atoms. The molecule has 3 nitrogen and oxygen atoms in total. The Hall–Kier alpha value is -1.33. The second kappa shape index (κ2) is 6.02. The minimum absolute atomic E-state index is 0.102. The summed E-state index contributed by atoms with van der Waals surface area (Å²) in [6, 6.07) is 6.58. The molecule has 1 aromatic heterocycles. The van der Waals surface area contributed by atoms with Crippen LogP contribution in [0.2, 0.25) is 0 Å². The van der Waals surface area contributed by atoms with E-state index in [1.54, 1.807) is 30.6 Å². The zero-order chi connectivity index (χ0) is 13.0. The maximum atomic E-state index is 13.7. The average Bonchev–Trinajstić information content (AvgIpc) is 2.41. The molecule has 0 fully saturated rings. The Kier molecular flexibility index (Phi) is 4.38. The highest BCUT2D eigenvalue weighted by Crippen LogP contribution is 2.20. The molecule has 0 aliphatic rings. The molecule has 0 saturated carbocycles. The van der Waals surface area contributed by atoms with Gasteiger partial charge in [0.1, 0.15) is 11.6 Å². The Bertz CT molecular complexity index is 519. The molecule has 1 heterocycles. The van der Waals surface area contributed by atoms with Gasteiger partial charge < -0.3 is 5.32 Å². The van der Waals surface area contributed by atoms with E-state index in [1.165, 1.54) is 6.07 Å². The van der Waals surface area contributed by atoms with Crippen LogP contribution in [0.4, 0.5) is 4.39 Å². The van der Waals surface area contributed by atoms with Gasteiger partial charge in [-0.05, 0) is 43.3 Å². The van der Waals surface area contributed by atoms with Gasteiger partial charge in [-0.15, -0.1) is 0 Å². The number of hydrogen-bond donors (Lipinski definition) is 1. The molecule has 0 bridgehead atoms. The van der Waals surface area contributed by atoms with Gasteiger partial charge in [-0.2, -0.15) is 0 Å². The number of rotatable bonds is 4. The minimum Gasteiger partial charge on any atom is -0.310 e. The van der Waals surface area contributed by atoms with Crippen molar-refractivity contribution >= 4 is 15.9 Å². The number of benzene rings is 1. The zero-order valence-corrected chi connectivity index (χ0v) is 11.5. The molecule has 0 amide bonds. The molecule has 94 valence electrons. The number of nitrogens with one attached hydrogen (secondary N) is 1. The Morgan fingerprint density at radius 1 is 1.33 bits per heavy atom. The largest absolute Gasteiger partial charge is 0.310 e. The summed E-state index contributed by atoms with van der Waals surface area (Å²) >= 11 is 3.35. The summed E-state index contributed by atoms with van der Waals surface area (Å²) in [4.78, 5) is 8.38. The van der Waals surface area contributed by atoms with Gasteiger partial charge in [0, 0.05) is 16.9 Å². The van der Waals surface area contributed by atoms with Crippen LogP contribution in [0.15, 0.2) is 41.1 Å². The van der Waals surface area contributed by atoms with E-state index in [1.807, 2.05) is 7.05 Å². The van der Waals surface area contributed by atoms with Crippen molar-refractivity contribution in [2.75, 3.05) is 7.05 Å². The Morgan fingerprint density at radius 2 is 2.06 bits per heavy atom. The van der Waals surface area contributed by atoms with Crippen LogP contribution in [-0.2, 0) is 6.42 Å². The van der Waals surface area contributed by atoms with Crippen molar-refractivity contribution in [3.05, 3.63) is 58.3 Å². The van der Waals surface area contributed by atoms with Gasteiger partial charge in [-0.3, -0.25) is 0 Å². The summed E-state index contributed by atoms with van der Waals surface area (Å²) in [6.07, 6.45) is 3.87. The van der Waals surface area contributed by atoms with Crippen LogP contribution in [0, 0.1) is 5.82 Å². The van der Waals surface area contributed by atoms with E-state index in [-0.39, 0.29) is 11.9 Å². The molecule has 1 aromatic carbocycles. The average molecular weight is 310 g/mol. The summed E-state index contributed by atoms with van der Waals surface area (Å²) in [5.74, 6) is 0.453. The fourth-order valence-electron chi connectivity index (χ4n) is 1.73. The molecule has 0 aliphatic carbocycles. The number of halogens is 2. The molecule has 1 unspecified atom stereocenters. The predicted molar refractivity (Wildman–Crippen MR) is 71.6 cm³/mol. The zero-order valence-electron chi connectivity index (χ0n) is 9.90. The highest BCUT2D eigenvalue weighted by atomic mass is 79.9. The molecular weight excluding hydrogens is 297 g/mol. The third kappa shape index (κ3) is 3.11. The lowest BCUT2D eigenvalue weighted by atomic mass is 10.0. The van der Waals surface area contributed by atoms with Crippen molar-refractivity contribution in [2.24, 2.45) is 0 Å². The van der Waals surface area contributed by atoms with E-state index in [0.717, 1.165) is 4.47 Å². The lowest BCUT2D eigenvalue weighted by Crippen LogP contribution is -2.21. The van der Waals surface area contributed by atoms with E-state index in [0.29, 0.717) is 17.8 Å². The quantitative estimate of drug-likeness (QED) is 0.943. The molecule has 5 heteroatoms. The highest BCUT2D eigenvalue weighted by Gasteiger charge is 2.15. The van der Waals surface area contributed by atoms with E-state index in [2.05, 4.69) is 31.2 Å². The maximum Gasteiger partial charge on any atom is 0.145 e. The first-order chi connectivity index (χ1) is 8.70. The Morgan fingerprint density at radius 3 is 2.72 bits per heavy atom. The molecule has 0 radical (unpaired) electrons. The van der Waals surface area contributed by atoms with Crippen molar-refractivity contribution < 1.29 is 4.39 Å². The lowest BCUT2D eigenvalue weighted by molar-refractivity contribution is 0.532. The van der Waals surface area contributed by atoms with Crippen molar-refractivity contribution in [2.45, 2.75) is 12.5 Å². The number of likely N-dealkylation sites (N-methyl/N-ethyl adjacent to an activating group) is 1. The van der Waals surface area contributed by atoms with E-state index >= 15 is 0 Å². The SMILES string of the molecule is CNC(Cc1cc(Br)ccc1F)c1ncccn1. The third-order valence-electron chi connectivity index (χ3n) is 2.68. The topological polar surface area (TPSA) is 37.8 Å². The molecule has 1 atom stereocenters. The number of nitrogens with zero attached hydrogens (tertiary/aromatic N) is 2. The first-order valence-electron chi connectivity index (χ1n) is 5.59. The van der Waals surface area contributed by atoms with Crippen LogP contribution in [0.3, 0.4) is 0 Å². The summed E-state index contributed by atoms with van der Waals surface area (Å²) in [5, 5.41) is 3.11. The molecule has 18 heavy (non-hydrogen) atoms. The molecule has 2 rings (SSSR count). The van der Waals surface area contributed by atoms with Crippen molar-refractivity contribution in [1.82, 2.24) is 15.3 Å². The first kappa shape index (κ1) is 13.1. The van der Waals surface area contributed by atoms with Crippen LogP contribution < -0.4 is 5.32 Å². The van der Waals surface area contributed by atoms with E-state index in [9.17, 15) is 4.39 Å². The summed E-state index contributed by atoms with van der Waals surface area (Å²) in [5.41, 5.74) is 0.635. The Labute approximate surface area is 114 Å². The van der Waals surface area contributed by atoms with E-state index in [4.69, 9.17) is 0 Å². The summed E-state index contributed by atoms with van der Waals surface area (Å²) in [6.45, 7) is 0. The number of hydrogen-bond acceptors (Lipinski definition) is 3. The second-order valence-electron chi connectivity index (χ2n) is 3.89. The van der Waals surface area contributed by atoms with Gasteiger partial charge in [-0.1, -0.05) is 15.9 Å². The van der Waals surface area contributed by atoms with Gasteiger partial charge >= 0.3 is 0 Å². The van der Waals surface area contributed by atoms with Crippen LogP contribution in [0.1, 0.15) is 17.4 Å². The van der Waals surface area contributed by atoms with Gasteiger partial charge in [0.15, 0.2) is 0 Å². The summed E-state index contributed by atoms with van der Waals surface area (Å²) < 4.78 is 14.6. The van der Waals surface area contributed by atoms with Gasteiger partial charge in [0.05, 0.1) is 6.04 Å². The first-order valence-corrected chi connectivity index (χ1v) is 6.38. The molecular formula is C13H13BrFN3. The standard InChI is InChI=1S/C13H13BrFN3/c1-16-12(13-17-5-2-6-18-13)8-9-7-10(14)3-4-11(9)15/h2-7,12,16H,8H2,1H3. The van der Waals surface area contributed by atoms with Crippen LogP contribution >= 0.6 is 15.9 Å². The van der Waals surface area contributed by atoms with Crippen LogP contribution in [-0.4, -0.2) is 17.0 Å². The Balaban J connectivity index is 2.23. The third-order valence-corrected chi connectivity index (χ3v) is 3.17. The molecule has 0 saturated heterocycles. The lowest BCUT2D eigenvalue weighted by Gasteiger charge is -2.15. The molecule has 2 aromatic rings. The van der Waals surface area contributed by atoms with Crippen LogP contribution in [0.25, 0.3) is 0 Å². The second-order valence-corrected chi connectivity index (χ2v) is 4.80. The summed E-state index contributed by atoms with van der Waals surface area (Å²) in [7, 11) is 1.82. The fourth-order valence-corrected chi connectivity index (χ4v) is 2.14. The molecule has 1 N–H and O–H groups in total. The van der Waals surface area contributed by atoms with Crippen molar-refractivity contribution in [3.8, 4) is 0 Å². The van der Waals surface area contributed by atoms with Gasteiger partial charge in [0.25, 0.3) is 0 Å². The molecule has 0 aliphatic heterocycles. The van der Waals surface area contributed by atoms with Gasteiger partial charge in [0.2, 0.25) is 0 Å². The van der Waals surface area contributed by atoms with Crippen molar-refractivity contribution in [1.29, 1.82) is 0 Å². The maximum absolute atomic E-state index is 13.7. The van der Waals surface area contributed by atoms with E-state index < -0.39 is 0 Å². The smallest absolute Gasteiger partial charge is 0.145 e. The van der Waals surface area contributed by atoms with Crippen LogP contribution in [0.5, 0.6) is 0 Å². The van der Waals surface area contributed by atoms with Gasteiger partial charge in [-0.25, -0.2) is 14.4 Å². The van der Waals surface area contributed by atoms with Crippen molar-refractivity contribution in [3.63, 3.8) is 0 Å². The minimum atomic E-state index is -0.214. The predicted octanol–water partition coefficient (Wildman–Crippen LogP) is 2.88. The monoisotopic (exact) mass is 309 g/mol. The highest BCUT2D eigenvalue weighted by molar-refractivity contribution is 9.10.